The molecule has 0 spiro atoms. The molecule has 0 aromatic heterocycles. The first kappa shape index (κ1) is 10.5. The van der Waals surface area contributed by atoms with Gasteiger partial charge in [-0.2, -0.15) is 5.26 Å². The Morgan fingerprint density at radius 2 is 2.08 bits per heavy atom. The lowest BCUT2D eigenvalue weighted by molar-refractivity contribution is 0.183. The largest absolute Gasteiger partial charge is 0.294 e. The molecule has 0 radical (unpaired) electrons. The maximum Gasteiger partial charge on any atom is 0.100 e. The van der Waals surface area contributed by atoms with Crippen molar-refractivity contribution in [2.24, 2.45) is 11.8 Å². The number of nitrogens with zero attached hydrogens (tertiary/aromatic N) is 2. The Morgan fingerprint density at radius 1 is 1.38 bits per heavy atom. The Bertz CT molecular complexity index is 193. The number of hydrogen-bond acceptors (Lipinski definition) is 2. The molecule has 0 aromatic carbocycles. The van der Waals surface area contributed by atoms with Crippen molar-refractivity contribution in [2.45, 2.75) is 38.6 Å². The van der Waals surface area contributed by atoms with Crippen LogP contribution in [0.4, 0.5) is 0 Å². The molecule has 1 rings (SSSR count). The van der Waals surface area contributed by atoms with Gasteiger partial charge in [0.05, 0.1) is 6.07 Å². The van der Waals surface area contributed by atoms with Crippen LogP contribution in [0.5, 0.6) is 0 Å². The van der Waals surface area contributed by atoms with Crippen LogP contribution in [0, 0.1) is 23.2 Å². The van der Waals surface area contributed by atoms with Crippen LogP contribution in [0.2, 0.25) is 0 Å². The third kappa shape index (κ3) is 2.70. The highest BCUT2D eigenvalue weighted by Crippen LogP contribution is 2.31. The Labute approximate surface area is 81.5 Å². The summed E-state index contributed by atoms with van der Waals surface area (Å²) in [6.07, 6.45) is 5.12. The fourth-order valence-corrected chi connectivity index (χ4v) is 2.41. The number of nitriles is 1. The Hall–Kier alpha value is -0.550. The average molecular weight is 180 g/mol. The van der Waals surface area contributed by atoms with Crippen LogP contribution in [0.25, 0.3) is 0 Å². The smallest absolute Gasteiger partial charge is 0.100 e. The molecular formula is C11H20N2. The Balaban J connectivity index is 2.54. The van der Waals surface area contributed by atoms with Gasteiger partial charge in [0.15, 0.2) is 0 Å². The van der Waals surface area contributed by atoms with Gasteiger partial charge in [0.1, 0.15) is 6.04 Å². The minimum absolute atomic E-state index is 0.128. The second kappa shape index (κ2) is 4.62. The van der Waals surface area contributed by atoms with E-state index in [9.17, 15) is 0 Å². The highest BCUT2D eigenvalue weighted by Gasteiger charge is 2.27. The number of rotatable bonds is 2. The molecule has 0 aliphatic heterocycles. The molecule has 0 amide bonds. The van der Waals surface area contributed by atoms with E-state index < -0.39 is 0 Å². The van der Waals surface area contributed by atoms with Gasteiger partial charge in [0.25, 0.3) is 0 Å². The van der Waals surface area contributed by atoms with Gasteiger partial charge in [-0.1, -0.05) is 19.8 Å². The minimum Gasteiger partial charge on any atom is -0.294 e. The molecule has 2 heteroatoms. The van der Waals surface area contributed by atoms with E-state index in [0.29, 0.717) is 5.92 Å². The van der Waals surface area contributed by atoms with Crippen molar-refractivity contribution in [1.82, 2.24) is 4.90 Å². The molecule has 1 aliphatic rings. The summed E-state index contributed by atoms with van der Waals surface area (Å²) in [6.45, 7) is 2.30. The summed E-state index contributed by atoms with van der Waals surface area (Å²) in [5, 5.41) is 9.04. The van der Waals surface area contributed by atoms with E-state index in [1.807, 2.05) is 14.1 Å². The topological polar surface area (TPSA) is 27.0 Å². The number of hydrogen-bond donors (Lipinski definition) is 0. The molecule has 0 bridgehead atoms. The maximum absolute atomic E-state index is 9.04. The van der Waals surface area contributed by atoms with E-state index in [4.69, 9.17) is 5.26 Å². The van der Waals surface area contributed by atoms with Crippen LogP contribution in [-0.4, -0.2) is 25.0 Å². The summed E-state index contributed by atoms with van der Waals surface area (Å²) in [7, 11) is 4.01. The zero-order valence-electron chi connectivity index (χ0n) is 8.95. The van der Waals surface area contributed by atoms with Crippen molar-refractivity contribution in [3.8, 4) is 6.07 Å². The fourth-order valence-electron chi connectivity index (χ4n) is 2.41. The predicted molar refractivity (Wildman–Crippen MR) is 54.2 cm³/mol. The van der Waals surface area contributed by atoms with Crippen LogP contribution < -0.4 is 0 Å². The molecule has 74 valence electrons. The van der Waals surface area contributed by atoms with Gasteiger partial charge in [0.2, 0.25) is 0 Å². The van der Waals surface area contributed by atoms with Gasteiger partial charge in [0, 0.05) is 0 Å². The second-order valence-corrected chi connectivity index (χ2v) is 4.57. The quantitative estimate of drug-likeness (QED) is 0.652. The third-order valence-electron chi connectivity index (χ3n) is 3.11. The van der Waals surface area contributed by atoms with Crippen molar-refractivity contribution in [3.05, 3.63) is 0 Å². The van der Waals surface area contributed by atoms with Gasteiger partial charge < -0.3 is 0 Å². The first-order valence-corrected chi connectivity index (χ1v) is 5.21. The van der Waals surface area contributed by atoms with Crippen LogP contribution >= 0.6 is 0 Å². The van der Waals surface area contributed by atoms with Crippen LogP contribution in [0.3, 0.4) is 0 Å². The van der Waals surface area contributed by atoms with Crippen molar-refractivity contribution >= 4 is 0 Å². The molecule has 1 fully saturated rings. The molecule has 1 saturated carbocycles. The van der Waals surface area contributed by atoms with Gasteiger partial charge in [-0.15, -0.1) is 0 Å². The normalized spacial score (nSPS) is 31.3. The molecule has 1 aliphatic carbocycles. The maximum atomic E-state index is 9.04. The SMILES string of the molecule is CC1CCCC(C(C#N)N(C)C)C1. The lowest BCUT2D eigenvalue weighted by Crippen LogP contribution is -2.36. The fraction of sp³-hybridized carbons (Fsp3) is 0.909. The highest BCUT2D eigenvalue weighted by molar-refractivity contribution is 4.96. The molecule has 13 heavy (non-hydrogen) atoms. The second-order valence-electron chi connectivity index (χ2n) is 4.57. The van der Waals surface area contributed by atoms with Crippen molar-refractivity contribution in [3.63, 3.8) is 0 Å². The summed E-state index contributed by atoms with van der Waals surface area (Å²) in [6, 6.07) is 2.55. The monoisotopic (exact) mass is 180 g/mol. The van der Waals surface area contributed by atoms with E-state index in [-0.39, 0.29) is 6.04 Å². The molecule has 3 unspecified atom stereocenters. The van der Waals surface area contributed by atoms with Gasteiger partial charge in [-0.25, -0.2) is 0 Å². The summed E-state index contributed by atoms with van der Waals surface area (Å²) >= 11 is 0. The predicted octanol–water partition coefficient (Wildman–Crippen LogP) is 2.27. The Morgan fingerprint density at radius 3 is 2.54 bits per heavy atom. The van der Waals surface area contributed by atoms with E-state index >= 15 is 0 Å². The summed E-state index contributed by atoms with van der Waals surface area (Å²) in [4.78, 5) is 2.06. The van der Waals surface area contributed by atoms with E-state index in [1.165, 1.54) is 25.7 Å². The van der Waals surface area contributed by atoms with E-state index in [1.54, 1.807) is 0 Å². The zero-order valence-corrected chi connectivity index (χ0v) is 8.95. The molecule has 2 nitrogen and oxygen atoms in total. The highest BCUT2D eigenvalue weighted by atomic mass is 15.1. The lowest BCUT2D eigenvalue weighted by atomic mass is 9.78. The molecule has 0 aromatic rings. The van der Waals surface area contributed by atoms with Crippen LogP contribution in [0.1, 0.15) is 32.6 Å². The van der Waals surface area contributed by atoms with Crippen molar-refractivity contribution < 1.29 is 0 Å². The zero-order chi connectivity index (χ0) is 9.84. The molecule has 0 N–H and O–H groups in total. The summed E-state index contributed by atoms with van der Waals surface area (Å²) in [5.41, 5.74) is 0. The van der Waals surface area contributed by atoms with Crippen LogP contribution in [-0.2, 0) is 0 Å². The summed E-state index contributed by atoms with van der Waals surface area (Å²) in [5.74, 6) is 1.42. The Kier molecular flexibility index (Phi) is 3.74. The van der Waals surface area contributed by atoms with Crippen molar-refractivity contribution in [2.75, 3.05) is 14.1 Å². The summed E-state index contributed by atoms with van der Waals surface area (Å²) < 4.78 is 0. The van der Waals surface area contributed by atoms with Gasteiger partial charge in [-0.05, 0) is 38.8 Å². The average Bonchev–Trinajstić information content (AvgIpc) is 2.04. The molecule has 0 heterocycles. The van der Waals surface area contributed by atoms with Crippen LogP contribution in [0.15, 0.2) is 0 Å². The lowest BCUT2D eigenvalue weighted by Gasteiger charge is -2.32. The molecular weight excluding hydrogens is 160 g/mol. The minimum atomic E-state index is 0.128. The van der Waals surface area contributed by atoms with E-state index in [2.05, 4.69) is 17.9 Å². The molecule has 3 atom stereocenters. The van der Waals surface area contributed by atoms with Gasteiger partial charge >= 0.3 is 0 Å². The molecule has 0 saturated heterocycles. The first-order chi connectivity index (χ1) is 6.15. The van der Waals surface area contributed by atoms with Crippen molar-refractivity contribution in [1.29, 1.82) is 5.26 Å². The van der Waals surface area contributed by atoms with E-state index in [0.717, 1.165) is 5.92 Å². The third-order valence-corrected chi connectivity index (χ3v) is 3.11. The van der Waals surface area contributed by atoms with Gasteiger partial charge in [-0.3, -0.25) is 4.90 Å². The first-order valence-electron chi connectivity index (χ1n) is 5.21. The standard InChI is InChI=1S/C11H20N2/c1-9-5-4-6-10(7-9)11(8-12)13(2)3/h9-11H,4-7H2,1-3H3.